The molecule has 1 aromatic heterocycles. The Morgan fingerprint density at radius 3 is 2.81 bits per heavy atom. The Morgan fingerprint density at radius 2 is 2.24 bits per heavy atom. The van der Waals surface area contributed by atoms with Crippen LogP contribution >= 0.6 is 11.6 Å². The van der Waals surface area contributed by atoms with Gasteiger partial charge in [-0.2, -0.15) is 0 Å². The molecule has 0 radical (unpaired) electrons. The van der Waals surface area contributed by atoms with E-state index >= 15 is 0 Å². The van der Waals surface area contributed by atoms with Crippen LogP contribution in [0.5, 0.6) is 0 Å². The maximum Gasteiger partial charge on any atom is 0.170 e. The number of aromatic nitrogens is 2. The van der Waals surface area contributed by atoms with E-state index in [1.54, 1.807) is 18.3 Å². The van der Waals surface area contributed by atoms with Gasteiger partial charge in [0.05, 0.1) is 6.54 Å². The monoisotopic (exact) mass is 307 g/mol. The third-order valence-corrected chi connectivity index (χ3v) is 3.58. The number of imidazole rings is 1. The number of amidine groups is 1. The van der Waals surface area contributed by atoms with Gasteiger partial charge in [-0.25, -0.2) is 4.98 Å². The molecule has 1 heterocycles. The molecule has 21 heavy (non-hydrogen) atoms. The summed E-state index contributed by atoms with van der Waals surface area (Å²) in [6.45, 7) is 1.41. The summed E-state index contributed by atoms with van der Waals surface area (Å²) in [5.74, 6) is 1.03. The van der Waals surface area contributed by atoms with Crippen LogP contribution in [0.4, 0.5) is 0 Å². The molecule has 2 aromatic rings. The van der Waals surface area contributed by atoms with Crippen LogP contribution in [0.15, 0.2) is 35.7 Å². The predicted molar refractivity (Wildman–Crippen MR) is 82.3 cm³/mol. The van der Waals surface area contributed by atoms with Gasteiger partial charge in [0.2, 0.25) is 0 Å². The van der Waals surface area contributed by atoms with Gasteiger partial charge in [0.25, 0.3) is 0 Å². The first-order valence-corrected chi connectivity index (χ1v) is 6.80. The van der Waals surface area contributed by atoms with Crippen molar-refractivity contribution in [3.05, 3.63) is 52.6 Å². The third-order valence-electron chi connectivity index (χ3n) is 3.23. The second-order valence-electron chi connectivity index (χ2n) is 4.92. The lowest BCUT2D eigenvalue weighted by Gasteiger charge is -2.17. The zero-order valence-corrected chi connectivity index (χ0v) is 12.7. The normalized spacial score (nSPS) is 12.1. The number of rotatable bonds is 5. The van der Waals surface area contributed by atoms with Gasteiger partial charge < -0.3 is 15.5 Å². The summed E-state index contributed by atoms with van der Waals surface area (Å²) < 4.78 is 1.99. The minimum Gasteiger partial charge on any atom is -0.409 e. The maximum atomic E-state index is 8.67. The van der Waals surface area contributed by atoms with E-state index in [0.29, 0.717) is 17.1 Å². The molecule has 0 bridgehead atoms. The fourth-order valence-corrected chi connectivity index (χ4v) is 2.27. The molecule has 0 amide bonds. The van der Waals surface area contributed by atoms with Gasteiger partial charge in [-0.15, -0.1) is 0 Å². The predicted octanol–water partition coefficient (Wildman–Crippen LogP) is 1.80. The van der Waals surface area contributed by atoms with Crippen LogP contribution in [0, 0.1) is 0 Å². The van der Waals surface area contributed by atoms with E-state index in [1.165, 1.54) is 0 Å². The molecular weight excluding hydrogens is 290 g/mol. The first-order chi connectivity index (χ1) is 10.0. The number of hydrogen-bond acceptors (Lipinski definition) is 4. The largest absolute Gasteiger partial charge is 0.409 e. The highest BCUT2D eigenvalue weighted by Gasteiger charge is 2.09. The zero-order valence-electron chi connectivity index (χ0n) is 12.0. The molecule has 0 unspecified atom stereocenters. The van der Waals surface area contributed by atoms with E-state index in [1.807, 2.05) is 30.9 Å². The molecule has 0 fully saturated rings. The number of aryl methyl sites for hydroxylation is 1. The van der Waals surface area contributed by atoms with Crippen molar-refractivity contribution >= 4 is 17.4 Å². The van der Waals surface area contributed by atoms with Gasteiger partial charge in [0.1, 0.15) is 5.82 Å². The maximum absolute atomic E-state index is 8.67. The molecular formula is C14H18ClN5O. The van der Waals surface area contributed by atoms with Gasteiger partial charge in [-0.1, -0.05) is 28.9 Å². The van der Waals surface area contributed by atoms with Crippen LogP contribution < -0.4 is 5.73 Å². The average Bonchev–Trinajstić information content (AvgIpc) is 2.85. The Hall–Kier alpha value is -2.05. The van der Waals surface area contributed by atoms with Crippen LogP contribution in [-0.4, -0.2) is 32.5 Å². The Labute approximate surface area is 128 Å². The summed E-state index contributed by atoms with van der Waals surface area (Å²) in [6.07, 6.45) is 3.70. The van der Waals surface area contributed by atoms with Crippen molar-refractivity contribution in [2.45, 2.75) is 13.1 Å². The van der Waals surface area contributed by atoms with E-state index in [-0.39, 0.29) is 5.84 Å². The van der Waals surface area contributed by atoms with Crippen molar-refractivity contribution in [1.29, 1.82) is 0 Å². The fraction of sp³-hybridized carbons (Fsp3) is 0.286. The summed E-state index contributed by atoms with van der Waals surface area (Å²) >= 11 is 6.25. The molecule has 0 aliphatic rings. The van der Waals surface area contributed by atoms with Crippen molar-refractivity contribution in [1.82, 2.24) is 14.5 Å². The third kappa shape index (κ3) is 3.74. The summed E-state index contributed by atoms with van der Waals surface area (Å²) in [5.41, 5.74) is 7.11. The molecule has 0 saturated heterocycles. The molecule has 0 aliphatic carbocycles. The smallest absolute Gasteiger partial charge is 0.170 e. The molecule has 6 nitrogen and oxygen atoms in total. The summed E-state index contributed by atoms with van der Waals surface area (Å²) in [5, 5.41) is 12.2. The Balaban J connectivity index is 2.07. The van der Waals surface area contributed by atoms with Crippen LogP contribution in [0.2, 0.25) is 5.02 Å². The molecule has 7 heteroatoms. The SMILES string of the molecule is CN(Cc1ccc(/C(N)=N/O)cc1Cl)Cc1nccn1C. The number of nitrogens with two attached hydrogens (primary N) is 1. The molecule has 112 valence electrons. The standard InChI is InChI=1S/C14H18ClN5O/c1-19(9-13-17-5-6-20(13)2)8-11-4-3-10(7-12(11)15)14(16)18-21/h3-7,21H,8-9H2,1-2H3,(H2,16,18). The van der Waals surface area contributed by atoms with Gasteiger partial charge in [-0.05, 0) is 18.7 Å². The second-order valence-corrected chi connectivity index (χ2v) is 5.33. The number of nitrogens with zero attached hydrogens (tertiary/aromatic N) is 4. The lowest BCUT2D eigenvalue weighted by molar-refractivity contribution is 0.307. The van der Waals surface area contributed by atoms with E-state index in [0.717, 1.165) is 17.9 Å². The number of benzene rings is 1. The van der Waals surface area contributed by atoms with Crippen molar-refractivity contribution in [3.8, 4) is 0 Å². The van der Waals surface area contributed by atoms with Crippen molar-refractivity contribution in [2.75, 3.05) is 7.05 Å². The molecule has 0 aliphatic heterocycles. The first kappa shape index (κ1) is 15.3. The van der Waals surface area contributed by atoms with Gasteiger partial charge >= 0.3 is 0 Å². The van der Waals surface area contributed by atoms with Crippen molar-refractivity contribution in [3.63, 3.8) is 0 Å². The highest BCUT2D eigenvalue weighted by atomic mass is 35.5. The minimum atomic E-state index is 0.0461. The molecule has 1 aromatic carbocycles. The highest BCUT2D eigenvalue weighted by Crippen LogP contribution is 2.20. The van der Waals surface area contributed by atoms with E-state index in [9.17, 15) is 0 Å². The van der Waals surface area contributed by atoms with Crippen molar-refractivity contribution < 1.29 is 5.21 Å². The van der Waals surface area contributed by atoms with Gasteiger partial charge in [0, 0.05) is 36.6 Å². The van der Waals surface area contributed by atoms with Crippen LogP contribution in [0.1, 0.15) is 17.0 Å². The van der Waals surface area contributed by atoms with E-state index < -0.39 is 0 Å². The second kappa shape index (κ2) is 6.60. The van der Waals surface area contributed by atoms with E-state index in [4.69, 9.17) is 22.5 Å². The summed E-state index contributed by atoms with van der Waals surface area (Å²) in [7, 11) is 3.97. The molecule has 3 N–H and O–H groups in total. The topological polar surface area (TPSA) is 79.7 Å². The fourth-order valence-electron chi connectivity index (χ4n) is 2.03. The number of hydrogen-bond donors (Lipinski definition) is 2. The molecule has 0 spiro atoms. The summed E-state index contributed by atoms with van der Waals surface area (Å²) in [6, 6.07) is 5.36. The molecule has 0 atom stereocenters. The summed E-state index contributed by atoms with van der Waals surface area (Å²) in [4.78, 5) is 6.41. The van der Waals surface area contributed by atoms with Crippen LogP contribution in [-0.2, 0) is 20.1 Å². The van der Waals surface area contributed by atoms with Crippen molar-refractivity contribution in [2.24, 2.45) is 17.9 Å². The van der Waals surface area contributed by atoms with Crippen LogP contribution in [0.3, 0.4) is 0 Å². The quantitative estimate of drug-likeness (QED) is 0.382. The Morgan fingerprint density at radius 1 is 1.48 bits per heavy atom. The average molecular weight is 308 g/mol. The van der Waals surface area contributed by atoms with Gasteiger partial charge in [0.15, 0.2) is 5.84 Å². The number of oxime groups is 1. The first-order valence-electron chi connectivity index (χ1n) is 6.42. The minimum absolute atomic E-state index is 0.0461. The Kier molecular flexibility index (Phi) is 4.82. The lowest BCUT2D eigenvalue weighted by Crippen LogP contribution is -2.20. The van der Waals surface area contributed by atoms with Gasteiger partial charge in [-0.3, -0.25) is 4.90 Å². The lowest BCUT2D eigenvalue weighted by atomic mass is 10.1. The number of halogens is 1. The molecule has 2 rings (SSSR count). The molecule has 0 saturated carbocycles. The van der Waals surface area contributed by atoms with E-state index in [2.05, 4.69) is 15.0 Å². The zero-order chi connectivity index (χ0) is 15.4. The van der Waals surface area contributed by atoms with Crippen LogP contribution in [0.25, 0.3) is 0 Å². The Bertz CT molecular complexity index is 653. The highest BCUT2D eigenvalue weighted by molar-refractivity contribution is 6.31.